The number of fused-ring (bicyclic) bond motifs is 1. The van der Waals surface area contributed by atoms with Crippen LogP contribution in [0, 0.1) is 13.8 Å². The predicted octanol–water partition coefficient (Wildman–Crippen LogP) is 3.27. The van der Waals surface area contributed by atoms with Crippen LogP contribution in [0.1, 0.15) is 40.3 Å². The average molecular weight is 281 g/mol. The molecule has 1 heterocycles. The minimum absolute atomic E-state index is 0.0671. The van der Waals surface area contributed by atoms with E-state index in [4.69, 9.17) is 0 Å². The lowest BCUT2D eigenvalue weighted by molar-refractivity contribution is -0.116. The number of hydrogen-bond donors (Lipinski definition) is 2. The van der Waals surface area contributed by atoms with Crippen molar-refractivity contribution in [2.75, 3.05) is 5.32 Å². The van der Waals surface area contributed by atoms with Gasteiger partial charge in [-0.15, -0.1) is 0 Å². The third kappa shape index (κ3) is 2.69. The highest BCUT2D eigenvalue weighted by Gasteiger charge is 2.20. The van der Waals surface area contributed by atoms with Crippen LogP contribution in [0.5, 0.6) is 0 Å². The largest absolute Gasteiger partial charge is 0.384 e. The normalized spacial score (nSPS) is 15.3. The first-order valence-electron chi connectivity index (χ1n) is 7.22. The molecule has 1 unspecified atom stereocenters. The molecule has 2 N–H and O–H groups in total. The number of aliphatic hydroxyl groups excluding tert-OH is 1. The number of anilines is 1. The van der Waals surface area contributed by atoms with Crippen molar-refractivity contribution in [3.63, 3.8) is 0 Å². The van der Waals surface area contributed by atoms with E-state index in [1.807, 2.05) is 50.2 Å². The van der Waals surface area contributed by atoms with Crippen molar-refractivity contribution in [3.05, 3.63) is 64.2 Å². The number of aryl methyl sites for hydroxylation is 3. The van der Waals surface area contributed by atoms with Gasteiger partial charge in [0.1, 0.15) is 6.10 Å². The molecule has 1 aliphatic rings. The Morgan fingerprint density at radius 1 is 1.05 bits per heavy atom. The molecule has 0 bridgehead atoms. The molecule has 2 aromatic rings. The number of aliphatic hydroxyl groups is 1. The number of benzene rings is 2. The summed E-state index contributed by atoms with van der Waals surface area (Å²) in [6, 6.07) is 11.9. The third-order valence-electron chi connectivity index (χ3n) is 4.03. The van der Waals surface area contributed by atoms with E-state index in [-0.39, 0.29) is 5.91 Å². The fraction of sp³-hybridized carbons (Fsp3) is 0.278. The molecule has 1 amide bonds. The second-order valence-corrected chi connectivity index (χ2v) is 5.73. The van der Waals surface area contributed by atoms with Gasteiger partial charge in [0.05, 0.1) is 0 Å². The summed E-state index contributed by atoms with van der Waals surface area (Å²) in [4.78, 5) is 11.5. The lowest BCUT2D eigenvalue weighted by Gasteiger charge is -2.22. The number of carbonyl (C=O) groups excluding carboxylic acids is 1. The maximum atomic E-state index is 11.5. The molecule has 1 atom stereocenters. The molecule has 21 heavy (non-hydrogen) atoms. The standard InChI is InChI=1S/C18H19NO2/c1-11-3-5-13(6-4-11)18(21)15-9-12(2)17-14(10-15)7-8-16(20)19-17/h3-6,9-10,18,21H,7-8H2,1-2H3,(H,19,20). The molecule has 0 saturated carbocycles. The van der Waals surface area contributed by atoms with Gasteiger partial charge in [-0.3, -0.25) is 4.79 Å². The number of hydrogen-bond acceptors (Lipinski definition) is 2. The minimum atomic E-state index is -0.632. The summed E-state index contributed by atoms with van der Waals surface area (Å²) in [7, 11) is 0. The zero-order valence-electron chi connectivity index (χ0n) is 12.3. The van der Waals surface area contributed by atoms with E-state index >= 15 is 0 Å². The molecule has 0 fully saturated rings. The molecule has 3 rings (SSSR count). The SMILES string of the molecule is Cc1ccc(C(O)c2cc(C)c3c(c2)CCC(=O)N3)cc1. The number of rotatable bonds is 2. The smallest absolute Gasteiger partial charge is 0.224 e. The molecule has 3 heteroatoms. The van der Waals surface area contributed by atoms with Crippen LogP contribution in [0.4, 0.5) is 5.69 Å². The Labute approximate surface area is 124 Å². The molecule has 0 saturated heterocycles. The summed E-state index contributed by atoms with van der Waals surface area (Å²) in [6.45, 7) is 4.00. The molecule has 0 spiro atoms. The van der Waals surface area contributed by atoms with Crippen molar-refractivity contribution in [2.24, 2.45) is 0 Å². The molecular formula is C18H19NO2. The lowest BCUT2D eigenvalue weighted by Crippen LogP contribution is -2.20. The van der Waals surface area contributed by atoms with Crippen LogP contribution >= 0.6 is 0 Å². The van der Waals surface area contributed by atoms with Gasteiger partial charge in [0.15, 0.2) is 0 Å². The van der Waals surface area contributed by atoms with Crippen LogP contribution in [0.3, 0.4) is 0 Å². The van der Waals surface area contributed by atoms with Gasteiger partial charge in [0, 0.05) is 12.1 Å². The monoisotopic (exact) mass is 281 g/mol. The molecule has 108 valence electrons. The zero-order valence-corrected chi connectivity index (χ0v) is 12.3. The molecule has 2 aromatic carbocycles. The van der Waals surface area contributed by atoms with Crippen molar-refractivity contribution in [2.45, 2.75) is 32.8 Å². The van der Waals surface area contributed by atoms with Gasteiger partial charge in [-0.2, -0.15) is 0 Å². The van der Waals surface area contributed by atoms with Gasteiger partial charge in [0.2, 0.25) is 5.91 Å². The van der Waals surface area contributed by atoms with Crippen molar-refractivity contribution in [1.29, 1.82) is 0 Å². The zero-order chi connectivity index (χ0) is 15.0. The van der Waals surface area contributed by atoms with Gasteiger partial charge in [-0.05, 0) is 42.5 Å². The Morgan fingerprint density at radius 2 is 1.76 bits per heavy atom. The quantitative estimate of drug-likeness (QED) is 0.887. The van der Waals surface area contributed by atoms with Gasteiger partial charge in [0.25, 0.3) is 0 Å². The van der Waals surface area contributed by atoms with Crippen LogP contribution in [0.15, 0.2) is 36.4 Å². The predicted molar refractivity (Wildman–Crippen MR) is 83.4 cm³/mol. The Kier molecular flexibility index (Phi) is 3.52. The topological polar surface area (TPSA) is 49.3 Å². The first-order valence-corrected chi connectivity index (χ1v) is 7.22. The maximum absolute atomic E-state index is 11.5. The summed E-state index contributed by atoms with van der Waals surface area (Å²) in [6.07, 6.45) is 0.611. The summed E-state index contributed by atoms with van der Waals surface area (Å²) in [5.41, 5.74) is 5.96. The molecule has 0 aromatic heterocycles. The molecule has 0 radical (unpaired) electrons. The maximum Gasteiger partial charge on any atom is 0.224 e. The fourth-order valence-electron chi connectivity index (χ4n) is 2.82. The average Bonchev–Trinajstić information content (AvgIpc) is 2.48. The van der Waals surface area contributed by atoms with Gasteiger partial charge in [-0.25, -0.2) is 0 Å². The molecule has 0 aliphatic carbocycles. The first kappa shape index (κ1) is 13.8. The van der Waals surface area contributed by atoms with Crippen molar-refractivity contribution in [3.8, 4) is 0 Å². The summed E-state index contributed by atoms with van der Waals surface area (Å²) < 4.78 is 0. The lowest BCUT2D eigenvalue weighted by atomic mass is 9.92. The van der Waals surface area contributed by atoms with E-state index in [1.54, 1.807) is 0 Å². The Bertz CT molecular complexity index is 689. The van der Waals surface area contributed by atoms with Crippen LogP contribution < -0.4 is 5.32 Å². The van der Waals surface area contributed by atoms with Gasteiger partial charge >= 0.3 is 0 Å². The van der Waals surface area contributed by atoms with Crippen LogP contribution in [-0.2, 0) is 11.2 Å². The molecule has 3 nitrogen and oxygen atoms in total. The van der Waals surface area contributed by atoms with Crippen LogP contribution in [0.2, 0.25) is 0 Å². The third-order valence-corrected chi connectivity index (χ3v) is 4.03. The van der Waals surface area contributed by atoms with E-state index < -0.39 is 6.10 Å². The van der Waals surface area contributed by atoms with Crippen LogP contribution in [0.25, 0.3) is 0 Å². The fourth-order valence-corrected chi connectivity index (χ4v) is 2.82. The Morgan fingerprint density at radius 3 is 2.48 bits per heavy atom. The minimum Gasteiger partial charge on any atom is -0.384 e. The summed E-state index contributed by atoms with van der Waals surface area (Å²) in [5, 5.41) is 13.5. The Balaban J connectivity index is 1.97. The second-order valence-electron chi connectivity index (χ2n) is 5.73. The van der Waals surface area contributed by atoms with E-state index in [0.29, 0.717) is 6.42 Å². The highest BCUT2D eigenvalue weighted by Crippen LogP contribution is 2.32. The Hall–Kier alpha value is -2.13. The first-order chi connectivity index (χ1) is 10.0. The molecule has 1 aliphatic heterocycles. The van der Waals surface area contributed by atoms with E-state index in [9.17, 15) is 9.90 Å². The van der Waals surface area contributed by atoms with Gasteiger partial charge < -0.3 is 10.4 Å². The highest BCUT2D eigenvalue weighted by atomic mass is 16.3. The number of amides is 1. The highest BCUT2D eigenvalue weighted by molar-refractivity contribution is 5.94. The second kappa shape index (κ2) is 5.34. The number of nitrogens with one attached hydrogen (secondary N) is 1. The van der Waals surface area contributed by atoms with Crippen LogP contribution in [-0.4, -0.2) is 11.0 Å². The number of carbonyl (C=O) groups is 1. The van der Waals surface area contributed by atoms with Crippen molar-refractivity contribution in [1.82, 2.24) is 0 Å². The van der Waals surface area contributed by atoms with E-state index in [2.05, 4.69) is 5.32 Å². The summed E-state index contributed by atoms with van der Waals surface area (Å²) >= 11 is 0. The van der Waals surface area contributed by atoms with Crippen molar-refractivity contribution >= 4 is 11.6 Å². The van der Waals surface area contributed by atoms with Gasteiger partial charge in [-0.1, -0.05) is 42.0 Å². The van der Waals surface area contributed by atoms with Crippen molar-refractivity contribution < 1.29 is 9.90 Å². The van der Waals surface area contributed by atoms with E-state index in [0.717, 1.165) is 34.4 Å². The summed E-state index contributed by atoms with van der Waals surface area (Å²) in [5.74, 6) is 0.0671. The molecular weight excluding hydrogens is 262 g/mol. The van der Waals surface area contributed by atoms with E-state index in [1.165, 1.54) is 5.56 Å².